The van der Waals surface area contributed by atoms with Gasteiger partial charge in [-0.15, -0.1) is 0 Å². The van der Waals surface area contributed by atoms with E-state index < -0.39 is 10.0 Å². The Labute approximate surface area is 96.9 Å². The van der Waals surface area contributed by atoms with Crippen LogP contribution in [0.5, 0.6) is 0 Å². The van der Waals surface area contributed by atoms with Crippen LogP contribution in [0.25, 0.3) is 0 Å². The smallest absolute Gasteiger partial charge is 0.220 e. The van der Waals surface area contributed by atoms with Crippen molar-refractivity contribution in [1.29, 1.82) is 0 Å². The van der Waals surface area contributed by atoms with Crippen LogP contribution in [-0.2, 0) is 10.0 Å². The molecule has 0 aromatic rings. The largest absolute Gasteiger partial charge is 0.392 e. The number of nitrogens with two attached hydrogens (primary N) is 1. The average molecular weight is 250 g/mol. The van der Waals surface area contributed by atoms with E-state index in [9.17, 15) is 8.42 Å². The normalized spacial score (nSPS) is 23.9. The molecule has 1 rings (SSSR count). The molecule has 0 aromatic carbocycles. The summed E-state index contributed by atoms with van der Waals surface area (Å²) in [5, 5.41) is 0. The predicted octanol–water partition coefficient (Wildman–Crippen LogP) is 0.867. The highest BCUT2D eigenvalue weighted by molar-refractivity contribution is 7.92. The number of piperidine rings is 1. The summed E-state index contributed by atoms with van der Waals surface area (Å²) in [6.07, 6.45) is 3.86. The molecule has 0 bridgehead atoms. The molecule has 1 unspecified atom stereocenters. The molecule has 0 saturated carbocycles. The zero-order chi connectivity index (χ0) is 11.5. The van der Waals surface area contributed by atoms with Crippen molar-refractivity contribution in [3.8, 4) is 0 Å². The molecule has 88 valence electrons. The lowest BCUT2D eigenvalue weighted by Crippen LogP contribution is -2.46. The number of hydrogen-bond donors (Lipinski definition) is 1. The van der Waals surface area contributed by atoms with Crippen LogP contribution in [0.15, 0.2) is 0 Å². The topological polar surface area (TPSA) is 63.4 Å². The molecule has 0 aromatic heterocycles. The van der Waals surface area contributed by atoms with E-state index in [2.05, 4.69) is 12.2 Å². The van der Waals surface area contributed by atoms with Gasteiger partial charge in [-0.1, -0.05) is 25.6 Å². The third-order valence-electron chi connectivity index (χ3n) is 2.73. The second-order valence-electron chi connectivity index (χ2n) is 3.89. The number of thiocarbonyl (C=S) groups is 1. The highest BCUT2D eigenvalue weighted by atomic mass is 32.2. The van der Waals surface area contributed by atoms with Crippen molar-refractivity contribution >= 4 is 27.2 Å². The van der Waals surface area contributed by atoms with Crippen LogP contribution in [-0.4, -0.2) is 36.1 Å². The highest BCUT2D eigenvalue weighted by Crippen LogP contribution is 2.22. The van der Waals surface area contributed by atoms with Crippen molar-refractivity contribution in [3.05, 3.63) is 0 Å². The fourth-order valence-corrected chi connectivity index (χ4v) is 4.10. The van der Waals surface area contributed by atoms with Crippen LogP contribution < -0.4 is 5.73 Å². The maximum atomic E-state index is 11.9. The Kier molecular flexibility index (Phi) is 4.48. The van der Waals surface area contributed by atoms with Gasteiger partial charge in [0.05, 0.1) is 4.99 Å². The number of hydrogen-bond acceptors (Lipinski definition) is 3. The summed E-state index contributed by atoms with van der Waals surface area (Å²) in [6, 6.07) is 0.137. The summed E-state index contributed by atoms with van der Waals surface area (Å²) < 4.78 is 25.4. The van der Waals surface area contributed by atoms with Gasteiger partial charge in [0.15, 0.2) is 0 Å². The molecule has 6 heteroatoms. The molecule has 1 atom stereocenters. The molecule has 1 fully saturated rings. The highest BCUT2D eigenvalue weighted by Gasteiger charge is 2.31. The molecule has 1 heterocycles. The van der Waals surface area contributed by atoms with Crippen molar-refractivity contribution in [3.63, 3.8) is 0 Å². The molecule has 15 heavy (non-hydrogen) atoms. The standard InChI is InChI=1S/C9H18N2O2S2/c1-2-8-5-3-4-6-11(8)15(12,13)7-9(10)14/h8H,2-7H2,1H3,(H2,10,14). The summed E-state index contributed by atoms with van der Waals surface area (Å²) >= 11 is 4.66. The van der Waals surface area contributed by atoms with Crippen LogP contribution in [0.3, 0.4) is 0 Å². The van der Waals surface area contributed by atoms with Gasteiger partial charge in [-0.2, -0.15) is 4.31 Å². The Bertz CT molecular complexity index is 327. The monoisotopic (exact) mass is 250 g/mol. The van der Waals surface area contributed by atoms with Crippen molar-refractivity contribution in [2.24, 2.45) is 5.73 Å². The Balaban J connectivity index is 2.79. The Morgan fingerprint density at radius 1 is 1.53 bits per heavy atom. The summed E-state index contributed by atoms with van der Waals surface area (Å²) in [5.41, 5.74) is 5.30. The molecule has 1 aliphatic heterocycles. The number of nitrogens with zero attached hydrogens (tertiary/aromatic N) is 1. The van der Waals surface area contributed by atoms with E-state index in [1.165, 1.54) is 0 Å². The molecule has 0 spiro atoms. The van der Waals surface area contributed by atoms with E-state index in [1.54, 1.807) is 4.31 Å². The van der Waals surface area contributed by atoms with E-state index in [1.807, 2.05) is 6.92 Å². The van der Waals surface area contributed by atoms with Gasteiger partial charge < -0.3 is 5.73 Å². The molecule has 2 N–H and O–H groups in total. The van der Waals surface area contributed by atoms with Crippen LogP contribution in [0.2, 0.25) is 0 Å². The Morgan fingerprint density at radius 3 is 2.73 bits per heavy atom. The van der Waals surface area contributed by atoms with E-state index in [4.69, 9.17) is 5.73 Å². The number of rotatable bonds is 4. The van der Waals surface area contributed by atoms with Crippen molar-refractivity contribution < 1.29 is 8.42 Å². The zero-order valence-electron chi connectivity index (χ0n) is 8.98. The third kappa shape index (κ3) is 3.39. The fourth-order valence-electron chi connectivity index (χ4n) is 2.01. The van der Waals surface area contributed by atoms with Crippen LogP contribution in [0.4, 0.5) is 0 Å². The van der Waals surface area contributed by atoms with Gasteiger partial charge in [0.25, 0.3) is 0 Å². The lowest BCUT2D eigenvalue weighted by atomic mass is 10.0. The first-order valence-corrected chi connectivity index (χ1v) is 7.27. The van der Waals surface area contributed by atoms with E-state index in [0.717, 1.165) is 25.7 Å². The molecular weight excluding hydrogens is 232 g/mol. The SMILES string of the molecule is CCC1CCCCN1S(=O)(=O)CC(N)=S. The molecule has 0 aliphatic carbocycles. The average Bonchev–Trinajstić information content (AvgIpc) is 2.16. The predicted molar refractivity (Wildman–Crippen MR) is 65.2 cm³/mol. The maximum absolute atomic E-state index is 11.9. The minimum absolute atomic E-state index is 0.0513. The Morgan fingerprint density at radius 2 is 2.20 bits per heavy atom. The van der Waals surface area contributed by atoms with Crippen LogP contribution in [0.1, 0.15) is 32.6 Å². The lowest BCUT2D eigenvalue weighted by molar-refractivity contribution is 0.247. The van der Waals surface area contributed by atoms with Crippen LogP contribution >= 0.6 is 12.2 Å². The fraction of sp³-hybridized carbons (Fsp3) is 0.889. The summed E-state index contributed by atoms with van der Waals surface area (Å²) in [5.74, 6) is -0.196. The van der Waals surface area contributed by atoms with Crippen molar-refractivity contribution in [2.45, 2.75) is 38.6 Å². The van der Waals surface area contributed by atoms with Gasteiger partial charge in [0.2, 0.25) is 10.0 Å². The molecule has 4 nitrogen and oxygen atoms in total. The maximum Gasteiger partial charge on any atom is 0.220 e. The molecular formula is C9H18N2O2S2. The second-order valence-corrected chi connectivity index (χ2v) is 6.34. The van der Waals surface area contributed by atoms with Gasteiger partial charge in [-0.05, 0) is 19.3 Å². The second kappa shape index (κ2) is 5.23. The van der Waals surface area contributed by atoms with Crippen LogP contribution in [0, 0.1) is 0 Å². The first-order chi connectivity index (χ1) is 6.97. The van der Waals surface area contributed by atoms with Crippen molar-refractivity contribution in [2.75, 3.05) is 12.3 Å². The zero-order valence-corrected chi connectivity index (χ0v) is 10.6. The summed E-state index contributed by atoms with van der Waals surface area (Å²) in [7, 11) is -3.28. The Hall–Kier alpha value is -0.200. The van der Waals surface area contributed by atoms with E-state index in [0.29, 0.717) is 6.54 Å². The molecule has 1 saturated heterocycles. The summed E-state index contributed by atoms with van der Waals surface area (Å²) in [4.78, 5) is 0.0513. The first kappa shape index (κ1) is 12.9. The van der Waals surface area contributed by atoms with Gasteiger partial charge in [-0.25, -0.2) is 8.42 Å². The molecule has 1 aliphatic rings. The molecule has 0 amide bonds. The van der Waals surface area contributed by atoms with Gasteiger partial charge in [0, 0.05) is 12.6 Å². The lowest BCUT2D eigenvalue weighted by Gasteiger charge is -2.33. The minimum Gasteiger partial charge on any atom is -0.392 e. The van der Waals surface area contributed by atoms with E-state index >= 15 is 0 Å². The summed E-state index contributed by atoms with van der Waals surface area (Å²) in [6.45, 7) is 2.63. The van der Waals surface area contributed by atoms with Gasteiger partial charge >= 0.3 is 0 Å². The minimum atomic E-state index is -3.28. The van der Waals surface area contributed by atoms with Crippen molar-refractivity contribution in [1.82, 2.24) is 4.31 Å². The quantitative estimate of drug-likeness (QED) is 0.752. The van der Waals surface area contributed by atoms with E-state index in [-0.39, 0.29) is 16.8 Å². The van der Waals surface area contributed by atoms with Gasteiger partial charge in [-0.3, -0.25) is 0 Å². The third-order valence-corrected chi connectivity index (χ3v) is 4.92. The molecule has 0 radical (unpaired) electrons. The number of sulfonamides is 1. The first-order valence-electron chi connectivity index (χ1n) is 5.25. The van der Waals surface area contributed by atoms with Gasteiger partial charge in [0.1, 0.15) is 5.75 Å².